The van der Waals surface area contributed by atoms with Crippen LogP contribution in [0.3, 0.4) is 0 Å². The minimum atomic E-state index is -0.100. The maximum Gasteiger partial charge on any atom is 0.323 e. The summed E-state index contributed by atoms with van der Waals surface area (Å²) in [4.78, 5) is 11.8. The maximum atomic E-state index is 11.8. The Balaban J connectivity index is 1.73. The van der Waals surface area contributed by atoms with E-state index in [1.807, 2.05) is 6.08 Å². The minimum absolute atomic E-state index is 0.0978. The third-order valence-corrected chi connectivity index (χ3v) is 3.40. The van der Waals surface area contributed by atoms with Crippen LogP contribution in [0.5, 0.6) is 0 Å². The highest BCUT2D eigenvalue weighted by atomic mass is 16.5. The molecule has 0 radical (unpaired) electrons. The zero-order valence-corrected chi connectivity index (χ0v) is 10.4. The average Bonchev–Trinajstić information content (AvgIpc) is 2.38. The van der Waals surface area contributed by atoms with Crippen molar-refractivity contribution in [1.82, 2.24) is 5.32 Å². The number of hydrogen-bond donors (Lipinski definition) is 1. The highest BCUT2D eigenvalue weighted by molar-refractivity contribution is 5.76. The van der Waals surface area contributed by atoms with Gasteiger partial charge >= 0.3 is 5.97 Å². The van der Waals surface area contributed by atoms with E-state index in [4.69, 9.17) is 4.74 Å². The van der Waals surface area contributed by atoms with Gasteiger partial charge in [0.2, 0.25) is 0 Å². The summed E-state index contributed by atoms with van der Waals surface area (Å²) in [6.45, 7) is 3.54. The number of esters is 1. The van der Waals surface area contributed by atoms with Crippen molar-refractivity contribution in [1.29, 1.82) is 0 Å². The van der Waals surface area contributed by atoms with Gasteiger partial charge in [-0.3, -0.25) is 4.79 Å². The number of nitrogens with one attached hydrogen (secondary N) is 1. The number of hydrogen-bond acceptors (Lipinski definition) is 3. The van der Waals surface area contributed by atoms with E-state index in [2.05, 4.69) is 24.4 Å². The van der Waals surface area contributed by atoms with Crippen LogP contribution in [0.1, 0.15) is 32.6 Å². The van der Waals surface area contributed by atoms with Crippen molar-refractivity contribution in [2.45, 2.75) is 38.6 Å². The Labute approximate surface area is 103 Å². The molecule has 1 aliphatic heterocycles. The van der Waals surface area contributed by atoms with E-state index in [9.17, 15) is 4.79 Å². The molecule has 0 bridgehead atoms. The number of carbonyl (C=O) groups is 1. The molecule has 0 spiro atoms. The molecular weight excluding hydrogens is 214 g/mol. The lowest BCUT2D eigenvalue weighted by Gasteiger charge is -2.26. The van der Waals surface area contributed by atoms with Crippen molar-refractivity contribution in [2.75, 3.05) is 13.2 Å². The number of piperidine rings is 1. The molecule has 1 N–H and O–H groups in total. The zero-order valence-electron chi connectivity index (χ0n) is 10.4. The SMILES string of the molecule is CC1CCC(C(=O)OCC2=CCCC=C2)NC1. The summed E-state index contributed by atoms with van der Waals surface area (Å²) in [6.07, 6.45) is 10.5. The van der Waals surface area contributed by atoms with Crippen molar-refractivity contribution in [2.24, 2.45) is 5.92 Å². The predicted molar refractivity (Wildman–Crippen MR) is 67.6 cm³/mol. The summed E-state index contributed by atoms with van der Waals surface area (Å²) in [5.41, 5.74) is 1.12. The highest BCUT2D eigenvalue weighted by Gasteiger charge is 2.24. The number of allylic oxidation sites excluding steroid dienone is 2. The molecule has 1 aliphatic carbocycles. The third kappa shape index (κ3) is 3.70. The molecular formula is C14H21NO2. The summed E-state index contributed by atoms with van der Waals surface area (Å²) in [5, 5.41) is 3.24. The second kappa shape index (κ2) is 6.01. The van der Waals surface area contributed by atoms with E-state index in [-0.39, 0.29) is 12.0 Å². The van der Waals surface area contributed by atoms with E-state index in [1.165, 1.54) is 0 Å². The van der Waals surface area contributed by atoms with Crippen LogP contribution in [0.25, 0.3) is 0 Å². The lowest BCUT2D eigenvalue weighted by atomic mass is 9.96. The van der Waals surface area contributed by atoms with Crippen molar-refractivity contribution < 1.29 is 9.53 Å². The van der Waals surface area contributed by atoms with Crippen LogP contribution in [-0.2, 0) is 9.53 Å². The fraction of sp³-hybridized carbons (Fsp3) is 0.643. The van der Waals surface area contributed by atoms with E-state index in [0.29, 0.717) is 12.5 Å². The zero-order chi connectivity index (χ0) is 12.1. The molecule has 0 amide bonds. The fourth-order valence-electron chi connectivity index (χ4n) is 2.23. The molecule has 1 fully saturated rings. The van der Waals surface area contributed by atoms with Crippen LogP contribution in [0, 0.1) is 5.92 Å². The molecule has 0 aromatic rings. The van der Waals surface area contributed by atoms with Crippen molar-refractivity contribution in [3.63, 3.8) is 0 Å². The summed E-state index contributed by atoms with van der Waals surface area (Å²) in [6, 6.07) is -0.0978. The van der Waals surface area contributed by atoms with Gasteiger partial charge < -0.3 is 10.1 Å². The van der Waals surface area contributed by atoms with Gasteiger partial charge in [0.05, 0.1) is 0 Å². The van der Waals surface area contributed by atoms with Crippen LogP contribution < -0.4 is 5.32 Å². The Morgan fingerprint density at radius 1 is 1.47 bits per heavy atom. The van der Waals surface area contributed by atoms with E-state index >= 15 is 0 Å². The van der Waals surface area contributed by atoms with Gasteiger partial charge in [-0.2, -0.15) is 0 Å². The molecule has 2 aliphatic rings. The van der Waals surface area contributed by atoms with Gasteiger partial charge in [0, 0.05) is 0 Å². The Hall–Kier alpha value is -1.09. The predicted octanol–water partition coefficient (Wildman–Crippen LogP) is 2.19. The average molecular weight is 235 g/mol. The summed E-state index contributed by atoms with van der Waals surface area (Å²) in [5.74, 6) is 0.569. The summed E-state index contributed by atoms with van der Waals surface area (Å²) >= 11 is 0. The molecule has 2 unspecified atom stereocenters. The quantitative estimate of drug-likeness (QED) is 0.762. The Morgan fingerprint density at radius 3 is 3.00 bits per heavy atom. The number of rotatable bonds is 3. The van der Waals surface area contributed by atoms with Gasteiger partial charge in [0.25, 0.3) is 0 Å². The van der Waals surface area contributed by atoms with Crippen molar-refractivity contribution in [3.8, 4) is 0 Å². The largest absolute Gasteiger partial charge is 0.460 e. The van der Waals surface area contributed by atoms with Gasteiger partial charge in [0.1, 0.15) is 12.6 Å². The van der Waals surface area contributed by atoms with Gasteiger partial charge in [0.15, 0.2) is 0 Å². The first kappa shape index (κ1) is 12.4. The van der Waals surface area contributed by atoms with E-state index in [1.54, 1.807) is 0 Å². The van der Waals surface area contributed by atoms with Gasteiger partial charge in [-0.15, -0.1) is 0 Å². The smallest absolute Gasteiger partial charge is 0.323 e. The monoisotopic (exact) mass is 235 g/mol. The van der Waals surface area contributed by atoms with Crippen molar-refractivity contribution >= 4 is 5.97 Å². The first-order valence-corrected chi connectivity index (χ1v) is 6.51. The van der Waals surface area contributed by atoms with Gasteiger partial charge in [-0.1, -0.05) is 25.2 Å². The molecule has 1 heterocycles. The number of carbonyl (C=O) groups excluding carboxylic acids is 1. The molecule has 3 heteroatoms. The second-order valence-electron chi connectivity index (χ2n) is 5.01. The highest BCUT2D eigenvalue weighted by Crippen LogP contribution is 2.15. The van der Waals surface area contributed by atoms with Crippen molar-refractivity contribution in [3.05, 3.63) is 23.8 Å². The topological polar surface area (TPSA) is 38.3 Å². The Morgan fingerprint density at radius 2 is 2.35 bits per heavy atom. The normalized spacial score (nSPS) is 28.6. The molecule has 0 saturated carbocycles. The lowest BCUT2D eigenvalue weighted by Crippen LogP contribution is -2.44. The first-order valence-electron chi connectivity index (χ1n) is 6.51. The fourth-order valence-corrected chi connectivity index (χ4v) is 2.23. The summed E-state index contributed by atoms with van der Waals surface area (Å²) in [7, 11) is 0. The molecule has 0 aromatic carbocycles. The number of ether oxygens (including phenoxy) is 1. The van der Waals surface area contributed by atoms with E-state index < -0.39 is 0 Å². The summed E-state index contributed by atoms with van der Waals surface area (Å²) < 4.78 is 5.34. The van der Waals surface area contributed by atoms with Gasteiger partial charge in [-0.25, -0.2) is 0 Å². The van der Waals surface area contributed by atoms with Gasteiger partial charge in [-0.05, 0) is 43.7 Å². The van der Waals surface area contributed by atoms with Crippen LogP contribution in [0.4, 0.5) is 0 Å². The molecule has 94 valence electrons. The Bertz CT molecular complexity index is 325. The standard InChI is InChI=1S/C14H21NO2/c1-11-7-8-13(15-9-11)14(16)17-10-12-5-3-2-4-6-12/h3,5-6,11,13,15H,2,4,7-10H2,1H3. The lowest BCUT2D eigenvalue weighted by molar-refractivity contribution is -0.145. The Kier molecular flexibility index (Phi) is 4.37. The van der Waals surface area contributed by atoms with Crippen LogP contribution in [0.2, 0.25) is 0 Å². The maximum absolute atomic E-state index is 11.8. The molecule has 2 rings (SSSR count). The van der Waals surface area contributed by atoms with Crippen LogP contribution >= 0.6 is 0 Å². The first-order chi connectivity index (χ1) is 8.25. The van der Waals surface area contributed by atoms with Crippen LogP contribution in [0.15, 0.2) is 23.8 Å². The molecule has 1 saturated heterocycles. The molecule has 2 atom stereocenters. The molecule has 3 nitrogen and oxygen atoms in total. The second-order valence-corrected chi connectivity index (χ2v) is 5.01. The van der Waals surface area contributed by atoms with E-state index in [0.717, 1.165) is 37.8 Å². The third-order valence-electron chi connectivity index (χ3n) is 3.40. The minimum Gasteiger partial charge on any atom is -0.460 e. The molecule has 17 heavy (non-hydrogen) atoms. The molecule has 0 aromatic heterocycles. The van der Waals surface area contributed by atoms with Crippen LogP contribution in [-0.4, -0.2) is 25.2 Å².